The van der Waals surface area contributed by atoms with Crippen LogP contribution in [0.2, 0.25) is 0 Å². The third kappa shape index (κ3) is 5.17. The number of hydrogen-bond donors (Lipinski definition) is 1. The molecule has 1 N–H and O–H groups in total. The number of nitrogens with zero attached hydrogens (tertiary/aromatic N) is 1. The number of pyridine rings is 1. The van der Waals surface area contributed by atoms with Gasteiger partial charge < -0.3 is 14.8 Å². The normalized spacial score (nSPS) is 13.3. The number of ether oxygens (including phenoxy) is 2. The molecule has 4 heteroatoms. The summed E-state index contributed by atoms with van der Waals surface area (Å²) < 4.78 is 11.0. The van der Waals surface area contributed by atoms with Crippen LogP contribution in [0.3, 0.4) is 0 Å². The Morgan fingerprint density at radius 2 is 2.05 bits per heavy atom. The third-order valence-corrected chi connectivity index (χ3v) is 3.15. The van der Waals surface area contributed by atoms with Gasteiger partial charge in [0.05, 0.1) is 18.4 Å². The van der Waals surface area contributed by atoms with Crippen molar-refractivity contribution in [2.24, 2.45) is 0 Å². The van der Waals surface area contributed by atoms with Crippen molar-refractivity contribution >= 4 is 0 Å². The summed E-state index contributed by atoms with van der Waals surface area (Å²) in [7, 11) is 1.75. The largest absolute Gasteiger partial charge is 0.492 e. The van der Waals surface area contributed by atoms with E-state index in [1.165, 1.54) is 0 Å². The lowest BCUT2D eigenvalue weighted by Crippen LogP contribution is -2.32. The summed E-state index contributed by atoms with van der Waals surface area (Å²) in [5, 5.41) is 3.48. The minimum absolute atomic E-state index is 0.172. The molecule has 0 aromatic carbocycles. The summed E-state index contributed by atoms with van der Waals surface area (Å²) in [6.45, 7) is 9.83. The predicted molar refractivity (Wildman–Crippen MR) is 77.5 cm³/mol. The second-order valence-corrected chi connectivity index (χ2v) is 5.17. The molecule has 1 rings (SSSR count). The van der Waals surface area contributed by atoms with Crippen LogP contribution < -0.4 is 10.1 Å². The summed E-state index contributed by atoms with van der Waals surface area (Å²) in [6.07, 6.45) is 4.52. The Labute approximate surface area is 116 Å². The molecule has 19 heavy (non-hydrogen) atoms. The first-order valence-corrected chi connectivity index (χ1v) is 6.88. The van der Waals surface area contributed by atoms with Gasteiger partial charge in [0.25, 0.3) is 0 Å². The van der Waals surface area contributed by atoms with Crippen molar-refractivity contribution in [3.05, 3.63) is 24.0 Å². The first-order chi connectivity index (χ1) is 9.02. The van der Waals surface area contributed by atoms with Crippen molar-refractivity contribution in [1.82, 2.24) is 10.3 Å². The zero-order chi connectivity index (χ0) is 14.3. The second kappa shape index (κ2) is 7.46. The van der Waals surface area contributed by atoms with Gasteiger partial charge >= 0.3 is 0 Å². The molecular formula is C15H26N2O2. The zero-order valence-corrected chi connectivity index (χ0v) is 12.7. The van der Waals surface area contributed by atoms with Crippen molar-refractivity contribution in [1.29, 1.82) is 0 Å². The first-order valence-electron chi connectivity index (χ1n) is 6.88. The molecule has 0 radical (unpaired) electrons. The highest BCUT2D eigenvalue weighted by atomic mass is 16.5. The summed E-state index contributed by atoms with van der Waals surface area (Å²) in [6, 6.07) is 2.27. The number of hydrogen-bond acceptors (Lipinski definition) is 4. The molecular weight excluding hydrogens is 240 g/mol. The third-order valence-electron chi connectivity index (χ3n) is 3.15. The Bertz CT molecular complexity index is 380. The molecule has 1 heterocycles. The van der Waals surface area contributed by atoms with E-state index < -0.39 is 0 Å². The van der Waals surface area contributed by atoms with Crippen LogP contribution in [0.4, 0.5) is 0 Å². The van der Waals surface area contributed by atoms with Gasteiger partial charge in [-0.1, -0.05) is 6.92 Å². The lowest BCUT2D eigenvalue weighted by molar-refractivity contribution is 0.00692. The average molecular weight is 266 g/mol. The standard InChI is InChI=1S/C15H26N2O2/c1-6-17-14(9-15(3,4)18-5)12-8-13(19-7-2)11-16-10-12/h8,10-11,14,17H,6-7,9H2,1-5H3. The Hall–Kier alpha value is -1.13. The van der Waals surface area contributed by atoms with Gasteiger partial charge in [-0.2, -0.15) is 0 Å². The van der Waals surface area contributed by atoms with Gasteiger partial charge in [-0.3, -0.25) is 4.98 Å². The van der Waals surface area contributed by atoms with E-state index in [0.717, 1.165) is 24.3 Å². The highest BCUT2D eigenvalue weighted by Gasteiger charge is 2.24. The van der Waals surface area contributed by atoms with Crippen LogP contribution in [-0.4, -0.2) is 30.8 Å². The molecule has 0 aliphatic rings. The Morgan fingerprint density at radius 1 is 1.32 bits per heavy atom. The summed E-state index contributed by atoms with van der Waals surface area (Å²) >= 11 is 0. The van der Waals surface area contributed by atoms with Gasteiger partial charge in [0.15, 0.2) is 0 Å². The maximum atomic E-state index is 5.52. The van der Waals surface area contributed by atoms with E-state index in [0.29, 0.717) is 6.61 Å². The molecule has 0 saturated heterocycles. The molecule has 1 aromatic heterocycles. The highest BCUT2D eigenvalue weighted by molar-refractivity contribution is 5.26. The van der Waals surface area contributed by atoms with Gasteiger partial charge in [-0.15, -0.1) is 0 Å². The van der Waals surface area contributed by atoms with Crippen molar-refractivity contribution in [2.75, 3.05) is 20.3 Å². The number of rotatable bonds is 8. The molecule has 0 aliphatic heterocycles. The summed E-state index contributed by atoms with van der Waals surface area (Å²) in [5.41, 5.74) is 0.965. The predicted octanol–water partition coefficient (Wildman–Crippen LogP) is 2.95. The number of methoxy groups -OCH3 is 1. The highest BCUT2D eigenvalue weighted by Crippen LogP contribution is 2.27. The topological polar surface area (TPSA) is 43.4 Å². The van der Waals surface area contributed by atoms with E-state index >= 15 is 0 Å². The quantitative estimate of drug-likeness (QED) is 0.785. The van der Waals surface area contributed by atoms with E-state index in [-0.39, 0.29) is 11.6 Å². The average Bonchev–Trinajstić information content (AvgIpc) is 2.39. The Kier molecular flexibility index (Phi) is 6.25. The molecule has 1 aromatic rings. The molecule has 1 atom stereocenters. The van der Waals surface area contributed by atoms with Crippen LogP contribution in [0.25, 0.3) is 0 Å². The molecule has 0 bridgehead atoms. The van der Waals surface area contributed by atoms with Gasteiger partial charge in [0.2, 0.25) is 0 Å². The summed E-state index contributed by atoms with van der Waals surface area (Å²) in [4.78, 5) is 4.26. The zero-order valence-electron chi connectivity index (χ0n) is 12.7. The monoisotopic (exact) mass is 266 g/mol. The molecule has 0 spiro atoms. The van der Waals surface area contributed by atoms with E-state index in [1.807, 2.05) is 13.1 Å². The van der Waals surface area contributed by atoms with Crippen molar-refractivity contribution in [3.8, 4) is 5.75 Å². The maximum Gasteiger partial charge on any atom is 0.137 e. The minimum Gasteiger partial charge on any atom is -0.492 e. The van der Waals surface area contributed by atoms with Crippen molar-refractivity contribution in [3.63, 3.8) is 0 Å². The maximum absolute atomic E-state index is 5.52. The molecule has 0 amide bonds. The van der Waals surface area contributed by atoms with Crippen molar-refractivity contribution < 1.29 is 9.47 Å². The van der Waals surface area contributed by atoms with Gasteiger partial charge in [-0.25, -0.2) is 0 Å². The lowest BCUT2D eigenvalue weighted by Gasteiger charge is -2.29. The van der Waals surface area contributed by atoms with Crippen LogP contribution >= 0.6 is 0 Å². The molecule has 108 valence electrons. The Morgan fingerprint density at radius 3 is 2.63 bits per heavy atom. The van der Waals surface area contributed by atoms with Crippen molar-refractivity contribution in [2.45, 2.75) is 45.8 Å². The molecule has 0 aliphatic carbocycles. The van der Waals surface area contributed by atoms with E-state index in [9.17, 15) is 0 Å². The lowest BCUT2D eigenvalue weighted by atomic mass is 9.94. The molecule has 4 nitrogen and oxygen atoms in total. The van der Waals surface area contributed by atoms with Crippen LogP contribution in [0, 0.1) is 0 Å². The molecule has 0 fully saturated rings. The summed E-state index contributed by atoms with van der Waals surface area (Å²) in [5.74, 6) is 0.818. The van der Waals surface area contributed by atoms with Gasteiger partial charge in [0.1, 0.15) is 5.75 Å². The number of nitrogens with one attached hydrogen (secondary N) is 1. The first kappa shape index (κ1) is 15.9. The molecule has 0 saturated carbocycles. The van der Waals surface area contributed by atoms with Gasteiger partial charge in [0, 0.05) is 19.3 Å². The second-order valence-electron chi connectivity index (χ2n) is 5.17. The van der Waals surface area contributed by atoms with E-state index in [1.54, 1.807) is 13.3 Å². The smallest absolute Gasteiger partial charge is 0.137 e. The van der Waals surface area contributed by atoms with E-state index in [2.05, 4.69) is 37.1 Å². The fourth-order valence-electron chi connectivity index (χ4n) is 2.00. The fourth-order valence-corrected chi connectivity index (χ4v) is 2.00. The van der Waals surface area contributed by atoms with Gasteiger partial charge in [-0.05, 0) is 45.4 Å². The Balaban J connectivity index is 2.88. The molecule has 1 unspecified atom stereocenters. The van der Waals surface area contributed by atoms with E-state index in [4.69, 9.17) is 9.47 Å². The fraction of sp³-hybridized carbons (Fsp3) is 0.667. The SMILES string of the molecule is CCNC(CC(C)(C)OC)c1cncc(OCC)c1. The van der Waals surface area contributed by atoms with Crippen LogP contribution in [0.5, 0.6) is 5.75 Å². The van der Waals surface area contributed by atoms with Crippen LogP contribution in [-0.2, 0) is 4.74 Å². The minimum atomic E-state index is -0.172. The van der Waals surface area contributed by atoms with Crippen LogP contribution in [0.1, 0.15) is 45.7 Å². The number of aromatic nitrogens is 1. The van der Waals surface area contributed by atoms with Crippen LogP contribution in [0.15, 0.2) is 18.5 Å².